The Kier molecular flexibility index (Phi) is 6.18. The Morgan fingerprint density at radius 2 is 1.66 bits per heavy atom. The van der Waals surface area contributed by atoms with Crippen molar-refractivity contribution in [2.75, 3.05) is 0 Å². The summed E-state index contributed by atoms with van der Waals surface area (Å²) in [6.45, 7) is 17.9. The highest BCUT2D eigenvalue weighted by atomic mass is 16.7. The van der Waals surface area contributed by atoms with Gasteiger partial charge in [-0.25, -0.2) is 0 Å². The lowest BCUT2D eigenvalue weighted by Crippen LogP contribution is -2.66. The first-order chi connectivity index (χ1) is 19.0. The molecule has 0 bridgehead atoms. The molecule has 0 spiro atoms. The molecule has 2 saturated heterocycles. The molecule has 7 rings (SSSR count). The number of carbonyl (C=O) groups is 1. The number of aliphatic hydroxyl groups is 2. The summed E-state index contributed by atoms with van der Waals surface area (Å²) >= 11 is 0. The van der Waals surface area contributed by atoms with E-state index in [-0.39, 0.29) is 69.0 Å². The van der Waals surface area contributed by atoms with Crippen molar-refractivity contribution >= 4 is 5.97 Å². The average Bonchev–Trinajstić information content (AvgIpc) is 3.62. The standard InChI is InChI=1S/C35H56O6/c1-19(2)15-27(37)40-26-11-12-32(7)23-10-13-34-18-35(34,33(23,8)25(36)17-24(32)30(26,3)4)14-9-21(34)20-16-22(39-29(20)38)28-31(5,6)41-28/h19-26,28-29,36,38H,9-18H2,1-8H3/t20-,21-,22+,23+,24-,25+,26+,28?,29?,32+,33-,34+,35+/m0/s1. The average molecular weight is 573 g/mol. The molecule has 0 radical (unpaired) electrons. The number of hydrogen-bond acceptors (Lipinski definition) is 6. The third-order valence-electron chi connectivity index (χ3n) is 15.0. The number of esters is 1. The topological polar surface area (TPSA) is 88.5 Å². The molecule has 0 amide bonds. The molecule has 7 aliphatic rings. The van der Waals surface area contributed by atoms with Crippen LogP contribution in [0.1, 0.15) is 120 Å². The van der Waals surface area contributed by atoms with Gasteiger partial charge >= 0.3 is 5.97 Å². The van der Waals surface area contributed by atoms with E-state index < -0.39 is 6.29 Å². The summed E-state index contributed by atoms with van der Waals surface area (Å²) < 4.78 is 18.2. The minimum Gasteiger partial charge on any atom is -0.462 e. The lowest BCUT2D eigenvalue weighted by atomic mass is 9.37. The van der Waals surface area contributed by atoms with Gasteiger partial charge in [-0.05, 0) is 112 Å². The Hall–Kier alpha value is -0.690. The van der Waals surface area contributed by atoms with E-state index in [4.69, 9.17) is 14.2 Å². The maximum atomic E-state index is 12.7. The summed E-state index contributed by atoms with van der Waals surface area (Å²) in [5, 5.41) is 23.4. The van der Waals surface area contributed by atoms with E-state index in [1.54, 1.807) is 0 Å². The van der Waals surface area contributed by atoms with Gasteiger partial charge in [0.15, 0.2) is 6.29 Å². The Bertz CT molecular complexity index is 1100. The lowest BCUT2D eigenvalue weighted by molar-refractivity contribution is -0.246. The molecule has 2 aliphatic heterocycles. The first-order valence-corrected chi connectivity index (χ1v) is 16.9. The van der Waals surface area contributed by atoms with Gasteiger partial charge in [0.25, 0.3) is 0 Å². The lowest BCUT2D eigenvalue weighted by Gasteiger charge is -2.68. The first-order valence-electron chi connectivity index (χ1n) is 16.9. The molecule has 232 valence electrons. The fraction of sp³-hybridized carbons (Fsp3) is 0.971. The van der Waals surface area contributed by atoms with Crippen molar-refractivity contribution < 1.29 is 29.2 Å². The molecular formula is C35H56O6. The van der Waals surface area contributed by atoms with Gasteiger partial charge in [-0.3, -0.25) is 4.79 Å². The predicted octanol–water partition coefficient (Wildman–Crippen LogP) is 6.26. The quantitative estimate of drug-likeness (QED) is 0.299. The van der Waals surface area contributed by atoms with Crippen molar-refractivity contribution in [2.24, 2.45) is 56.7 Å². The molecule has 0 aromatic rings. The summed E-state index contributed by atoms with van der Waals surface area (Å²) in [5.74, 6) is 1.64. The van der Waals surface area contributed by atoms with Gasteiger partial charge in [-0.15, -0.1) is 0 Å². The van der Waals surface area contributed by atoms with Crippen molar-refractivity contribution in [3.8, 4) is 0 Å². The van der Waals surface area contributed by atoms with Crippen LogP contribution in [-0.4, -0.2) is 52.5 Å². The maximum Gasteiger partial charge on any atom is 0.306 e. The zero-order chi connectivity index (χ0) is 29.5. The van der Waals surface area contributed by atoms with Crippen molar-refractivity contribution in [1.82, 2.24) is 0 Å². The van der Waals surface area contributed by atoms with Gasteiger partial charge in [0.05, 0.1) is 17.8 Å². The number of carbonyl (C=O) groups excluding carboxylic acids is 1. The number of epoxide rings is 1. The van der Waals surface area contributed by atoms with Crippen LogP contribution in [0.15, 0.2) is 0 Å². The van der Waals surface area contributed by atoms with Gasteiger partial charge in [-0.1, -0.05) is 41.5 Å². The van der Waals surface area contributed by atoms with Gasteiger partial charge in [0.1, 0.15) is 12.2 Å². The summed E-state index contributed by atoms with van der Waals surface area (Å²) in [4.78, 5) is 12.7. The molecule has 6 heteroatoms. The predicted molar refractivity (Wildman–Crippen MR) is 156 cm³/mol. The van der Waals surface area contributed by atoms with Crippen molar-refractivity contribution in [3.63, 3.8) is 0 Å². The molecule has 0 aromatic carbocycles. The highest BCUT2D eigenvalue weighted by Crippen LogP contribution is 2.91. The molecule has 2 heterocycles. The van der Waals surface area contributed by atoms with Crippen LogP contribution in [0.2, 0.25) is 0 Å². The highest BCUT2D eigenvalue weighted by Gasteiger charge is 2.86. The van der Waals surface area contributed by atoms with Crippen LogP contribution < -0.4 is 0 Å². The van der Waals surface area contributed by atoms with Crippen molar-refractivity contribution in [2.45, 2.75) is 156 Å². The summed E-state index contributed by atoms with van der Waals surface area (Å²) in [7, 11) is 0. The second kappa shape index (κ2) is 8.73. The maximum absolute atomic E-state index is 12.7. The molecule has 0 aromatic heterocycles. The van der Waals surface area contributed by atoms with Crippen LogP contribution >= 0.6 is 0 Å². The van der Waals surface area contributed by atoms with Crippen LogP contribution in [0.3, 0.4) is 0 Å². The van der Waals surface area contributed by atoms with Crippen LogP contribution in [0.25, 0.3) is 0 Å². The fourth-order valence-electron chi connectivity index (χ4n) is 13.1. The third-order valence-corrected chi connectivity index (χ3v) is 15.0. The molecule has 41 heavy (non-hydrogen) atoms. The number of fused-ring (bicyclic) bond motifs is 3. The van der Waals surface area contributed by atoms with E-state index in [9.17, 15) is 15.0 Å². The number of rotatable bonds is 5. The SMILES string of the molecule is CC(C)CC(=O)O[C@@H]1CC[C@]2(C)[C@H]3CC[C@]45C[C@]4(CC[C@H]5[C@@H]4C[C@H](C5OC5(C)C)OC4O)[C@]3(C)[C@H](O)C[C@H]2C1(C)C. The van der Waals surface area contributed by atoms with Gasteiger partial charge in [0.2, 0.25) is 0 Å². The van der Waals surface area contributed by atoms with Crippen LogP contribution in [-0.2, 0) is 19.0 Å². The second-order valence-electron chi connectivity index (χ2n) is 17.8. The van der Waals surface area contributed by atoms with Crippen LogP contribution in [0.5, 0.6) is 0 Å². The number of aliphatic hydroxyl groups excluding tert-OH is 2. The third kappa shape index (κ3) is 3.66. The molecule has 13 atom stereocenters. The van der Waals surface area contributed by atoms with E-state index in [0.717, 1.165) is 38.5 Å². The van der Waals surface area contributed by atoms with E-state index in [2.05, 4.69) is 55.4 Å². The number of ether oxygens (including phenoxy) is 3. The Balaban J connectivity index is 1.13. The molecule has 7 fully saturated rings. The van der Waals surface area contributed by atoms with E-state index >= 15 is 0 Å². The van der Waals surface area contributed by atoms with Gasteiger partial charge in [0, 0.05) is 23.2 Å². The Morgan fingerprint density at radius 3 is 2.32 bits per heavy atom. The Morgan fingerprint density at radius 1 is 0.951 bits per heavy atom. The zero-order valence-electron chi connectivity index (χ0n) is 26.9. The summed E-state index contributed by atoms with van der Waals surface area (Å²) in [5.41, 5.74) is 0.0861. The molecule has 5 saturated carbocycles. The Labute approximate surface area is 247 Å². The van der Waals surface area contributed by atoms with Crippen molar-refractivity contribution in [1.29, 1.82) is 0 Å². The number of hydrogen-bond donors (Lipinski definition) is 2. The molecule has 5 aliphatic carbocycles. The monoisotopic (exact) mass is 572 g/mol. The molecule has 2 N–H and O–H groups in total. The van der Waals surface area contributed by atoms with Crippen molar-refractivity contribution in [3.05, 3.63) is 0 Å². The van der Waals surface area contributed by atoms with Gasteiger partial charge in [-0.2, -0.15) is 0 Å². The zero-order valence-corrected chi connectivity index (χ0v) is 26.9. The minimum absolute atomic E-state index is 0.00549. The smallest absolute Gasteiger partial charge is 0.306 e. The first kappa shape index (κ1) is 29.0. The van der Waals surface area contributed by atoms with E-state index in [1.165, 1.54) is 19.3 Å². The fourth-order valence-corrected chi connectivity index (χ4v) is 13.1. The molecule has 2 unspecified atom stereocenters. The largest absolute Gasteiger partial charge is 0.462 e. The normalized spacial score (nSPS) is 55.9. The molecular weight excluding hydrogens is 516 g/mol. The summed E-state index contributed by atoms with van der Waals surface area (Å²) in [6, 6.07) is 0. The second-order valence-corrected chi connectivity index (χ2v) is 17.8. The van der Waals surface area contributed by atoms with E-state index in [0.29, 0.717) is 30.1 Å². The van der Waals surface area contributed by atoms with E-state index in [1.807, 2.05) is 0 Å². The van der Waals surface area contributed by atoms with Crippen LogP contribution in [0, 0.1) is 56.7 Å². The van der Waals surface area contributed by atoms with Crippen LogP contribution in [0.4, 0.5) is 0 Å². The minimum atomic E-state index is -0.700. The highest BCUT2D eigenvalue weighted by molar-refractivity contribution is 5.69. The van der Waals surface area contributed by atoms with Gasteiger partial charge < -0.3 is 24.4 Å². The summed E-state index contributed by atoms with van der Waals surface area (Å²) in [6.07, 6.45) is 8.96. The molecule has 6 nitrogen and oxygen atoms in total.